The van der Waals surface area contributed by atoms with E-state index in [4.69, 9.17) is 0 Å². The Labute approximate surface area is 121 Å². The molecular weight excluding hydrogens is 226 g/mol. The lowest BCUT2D eigenvalue weighted by molar-refractivity contribution is 0.288. The Kier molecular flexibility index (Phi) is 3.05. The van der Waals surface area contributed by atoms with Gasteiger partial charge in [0, 0.05) is 0 Å². The molecule has 1 aromatic rings. The third-order valence-electron chi connectivity index (χ3n) is 5.63. The lowest BCUT2D eigenvalue weighted by Gasteiger charge is -2.39. The quantitative estimate of drug-likeness (QED) is 0.621. The van der Waals surface area contributed by atoms with Gasteiger partial charge in [-0.1, -0.05) is 58.6 Å². The lowest BCUT2D eigenvalue weighted by Crippen LogP contribution is -2.39. The van der Waals surface area contributed by atoms with Crippen molar-refractivity contribution in [3.63, 3.8) is 0 Å². The first-order valence-corrected chi connectivity index (χ1v) is 7.53. The monoisotopic (exact) mass is 254 g/mol. The van der Waals surface area contributed by atoms with Gasteiger partial charge in [-0.15, -0.1) is 0 Å². The minimum absolute atomic E-state index is 0.220. The fourth-order valence-electron chi connectivity index (χ4n) is 3.81. The molecule has 2 rings (SSSR count). The molecule has 0 spiro atoms. The first-order chi connectivity index (χ1) is 8.39. The highest BCUT2D eigenvalue weighted by atomic mass is 14.5. The minimum Gasteiger partial charge on any atom is -0.0822 e. The molecule has 0 N–H and O–H groups in total. The Morgan fingerprint density at radius 3 is 2.16 bits per heavy atom. The summed E-state index contributed by atoms with van der Waals surface area (Å²) in [4.78, 5) is 0. The molecule has 1 aliphatic rings. The molecule has 0 aliphatic heterocycles. The normalized spacial score (nSPS) is 25.4. The summed E-state index contributed by atoms with van der Waals surface area (Å²) in [5.74, 6) is 0. The molecular formula is C17H28B2. The predicted octanol–water partition coefficient (Wildman–Crippen LogP) is 1.98. The molecule has 1 aliphatic carbocycles. The third kappa shape index (κ3) is 1.99. The maximum Gasteiger partial charge on any atom is 0.140 e. The van der Waals surface area contributed by atoms with Crippen LogP contribution in [0.25, 0.3) is 0 Å². The Bertz CT molecular complexity index is 531. The second-order valence-corrected chi connectivity index (χ2v) is 8.66. The highest BCUT2D eigenvalue weighted by molar-refractivity contribution is 6.35. The van der Waals surface area contributed by atoms with Crippen molar-refractivity contribution < 1.29 is 0 Å². The Morgan fingerprint density at radius 2 is 1.68 bits per heavy atom. The van der Waals surface area contributed by atoms with Crippen LogP contribution in [0.5, 0.6) is 0 Å². The van der Waals surface area contributed by atoms with E-state index in [0.29, 0.717) is 5.41 Å². The summed E-state index contributed by atoms with van der Waals surface area (Å²) in [5.41, 5.74) is 8.33. The lowest BCUT2D eigenvalue weighted by atomic mass is 9.52. The van der Waals surface area contributed by atoms with Gasteiger partial charge in [0.25, 0.3) is 0 Å². The van der Waals surface area contributed by atoms with Crippen molar-refractivity contribution in [3.05, 3.63) is 28.3 Å². The fraction of sp³-hybridized carbons (Fsp3) is 0.647. The number of aryl methyl sites for hydroxylation is 1. The number of hydrogen-bond donors (Lipinski definition) is 0. The Balaban J connectivity index is 2.86. The van der Waals surface area contributed by atoms with Gasteiger partial charge in [0.15, 0.2) is 0 Å². The van der Waals surface area contributed by atoms with E-state index in [2.05, 4.69) is 70.2 Å². The minimum atomic E-state index is 0.220. The van der Waals surface area contributed by atoms with E-state index >= 15 is 0 Å². The molecule has 0 bridgehead atoms. The zero-order valence-corrected chi connectivity index (χ0v) is 14.3. The van der Waals surface area contributed by atoms with Gasteiger partial charge in [0.1, 0.15) is 15.7 Å². The molecule has 19 heavy (non-hydrogen) atoms. The largest absolute Gasteiger partial charge is 0.140 e. The predicted molar refractivity (Wildman–Crippen MR) is 91.4 cm³/mol. The van der Waals surface area contributed by atoms with Crippen LogP contribution in [0.1, 0.15) is 63.8 Å². The van der Waals surface area contributed by atoms with Crippen LogP contribution in [0.3, 0.4) is 0 Å². The van der Waals surface area contributed by atoms with Crippen LogP contribution in [-0.2, 0) is 17.2 Å². The summed E-state index contributed by atoms with van der Waals surface area (Å²) in [6, 6.07) is 2.44. The van der Waals surface area contributed by atoms with Gasteiger partial charge in [-0.05, 0) is 46.2 Å². The Hall–Kier alpha value is -0.650. The SMILES string of the molecule is Bc1c(C)cc2c(c1C(C)(C)C)C(B)(C)C(C)(C)C2. The van der Waals surface area contributed by atoms with Crippen molar-refractivity contribution in [3.8, 4) is 0 Å². The first kappa shape index (κ1) is 14.8. The van der Waals surface area contributed by atoms with Gasteiger partial charge >= 0.3 is 0 Å². The smallest absolute Gasteiger partial charge is 0.0822 e. The zero-order chi connectivity index (χ0) is 14.8. The summed E-state index contributed by atoms with van der Waals surface area (Å²) < 4.78 is 0. The summed E-state index contributed by atoms with van der Waals surface area (Å²) in [5, 5.41) is 0.253. The van der Waals surface area contributed by atoms with Crippen molar-refractivity contribution in [2.24, 2.45) is 5.41 Å². The van der Waals surface area contributed by atoms with Gasteiger partial charge in [0.05, 0.1) is 0 Å². The van der Waals surface area contributed by atoms with Crippen molar-refractivity contribution in [2.45, 2.75) is 65.6 Å². The van der Waals surface area contributed by atoms with Crippen LogP contribution in [0.4, 0.5) is 0 Å². The molecule has 0 amide bonds. The van der Waals surface area contributed by atoms with Gasteiger partial charge in [-0.2, -0.15) is 0 Å². The highest BCUT2D eigenvalue weighted by Crippen LogP contribution is 2.52. The molecule has 0 nitrogen and oxygen atoms in total. The molecule has 2 heteroatoms. The molecule has 1 unspecified atom stereocenters. The third-order valence-corrected chi connectivity index (χ3v) is 5.63. The van der Waals surface area contributed by atoms with Crippen LogP contribution in [0.2, 0.25) is 0 Å². The van der Waals surface area contributed by atoms with Crippen LogP contribution >= 0.6 is 0 Å². The summed E-state index contributed by atoms with van der Waals surface area (Å²) in [6.07, 6.45) is 1.21. The van der Waals surface area contributed by atoms with E-state index < -0.39 is 0 Å². The molecule has 0 aromatic heterocycles. The number of fused-ring (bicyclic) bond motifs is 1. The van der Waals surface area contributed by atoms with Crippen LogP contribution < -0.4 is 5.46 Å². The van der Waals surface area contributed by atoms with Gasteiger partial charge in [0.2, 0.25) is 0 Å². The van der Waals surface area contributed by atoms with Gasteiger partial charge in [-0.25, -0.2) is 0 Å². The van der Waals surface area contributed by atoms with Crippen LogP contribution in [0.15, 0.2) is 6.07 Å². The molecule has 1 aromatic carbocycles. The molecule has 0 fully saturated rings. The second kappa shape index (κ2) is 3.93. The molecule has 0 saturated carbocycles. The van der Waals surface area contributed by atoms with Crippen LogP contribution in [0, 0.1) is 12.3 Å². The van der Waals surface area contributed by atoms with E-state index in [1.165, 1.54) is 17.4 Å². The summed E-state index contributed by atoms with van der Waals surface area (Å²) in [7, 11) is 4.74. The highest BCUT2D eigenvalue weighted by Gasteiger charge is 2.47. The van der Waals surface area contributed by atoms with E-state index in [0.717, 1.165) is 0 Å². The molecule has 0 radical (unpaired) electrons. The second-order valence-electron chi connectivity index (χ2n) is 8.66. The van der Waals surface area contributed by atoms with E-state index in [1.807, 2.05) is 0 Å². The number of hydrogen-bond acceptors (Lipinski definition) is 0. The number of rotatable bonds is 0. The van der Waals surface area contributed by atoms with Crippen molar-refractivity contribution in [2.75, 3.05) is 0 Å². The average Bonchev–Trinajstić information content (AvgIpc) is 2.35. The maximum atomic E-state index is 2.44. The average molecular weight is 254 g/mol. The van der Waals surface area contributed by atoms with Crippen molar-refractivity contribution >= 4 is 21.2 Å². The molecule has 0 heterocycles. The van der Waals surface area contributed by atoms with Gasteiger partial charge in [-0.3, -0.25) is 0 Å². The Morgan fingerprint density at radius 1 is 1.16 bits per heavy atom. The topological polar surface area (TPSA) is 0 Å². The fourth-order valence-corrected chi connectivity index (χ4v) is 3.81. The maximum absolute atomic E-state index is 2.44. The summed E-state index contributed by atoms with van der Waals surface area (Å²) in [6.45, 7) is 16.6. The standard InChI is InChI=1S/C17H28B2/c1-10-8-11-9-16(5,6)17(7,19)12(11)13(14(10)18)15(2,3)4/h8H,9,18-19H2,1-7H3. The van der Waals surface area contributed by atoms with E-state index in [1.54, 1.807) is 16.7 Å². The van der Waals surface area contributed by atoms with Gasteiger partial charge < -0.3 is 0 Å². The van der Waals surface area contributed by atoms with Crippen LogP contribution in [-0.4, -0.2) is 15.7 Å². The first-order valence-electron chi connectivity index (χ1n) is 7.53. The van der Waals surface area contributed by atoms with E-state index in [9.17, 15) is 0 Å². The van der Waals surface area contributed by atoms with Crippen molar-refractivity contribution in [1.82, 2.24) is 0 Å². The van der Waals surface area contributed by atoms with E-state index in [-0.39, 0.29) is 10.7 Å². The number of benzene rings is 1. The molecule has 0 saturated heterocycles. The zero-order valence-electron chi connectivity index (χ0n) is 14.3. The molecule has 1 atom stereocenters. The summed E-state index contributed by atoms with van der Waals surface area (Å²) >= 11 is 0. The van der Waals surface area contributed by atoms with Crippen molar-refractivity contribution in [1.29, 1.82) is 0 Å². The molecule has 102 valence electrons.